The van der Waals surface area contributed by atoms with Crippen molar-refractivity contribution in [1.29, 1.82) is 0 Å². The summed E-state index contributed by atoms with van der Waals surface area (Å²) in [5.74, 6) is 1.32. The van der Waals surface area contributed by atoms with Gasteiger partial charge in [-0.2, -0.15) is 0 Å². The van der Waals surface area contributed by atoms with Crippen molar-refractivity contribution < 1.29 is 14.1 Å². The zero-order valence-electron chi connectivity index (χ0n) is 15.2. The Morgan fingerprint density at radius 2 is 1.88 bits per heavy atom. The third kappa shape index (κ3) is 3.77. The van der Waals surface area contributed by atoms with Crippen LogP contribution < -0.4 is 4.74 Å². The molecule has 0 aliphatic carbocycles. The van der Waals surface area contributed by atoms with Gasteiger partial charge in [0, 0.05) is 18.2 Å². The minimum absolute atomic E-state index is 0.0191. The number of benzene rings is 2. The number of aryl methyl sites for hydroxylation is 1. The van der Waals surface area contributed by atoms with Crippen LogP contribution in [0.5, 0.6) is 5.75 Å². The van der Waals surface area contributed by atoms with Crippen LogP contribution >= 0.6 is 0 Å². The molecule has 0 fully saturated rings. The first kappa shape index (κ1) is 17.7. The number of para-hydroxylation sites is 1. The molecule has 5 nitrogen and oxygen atoms in total. The molecule has 0 bridgehead atoms. The lowest BCUT2D eigenvalue weighted by Gasteiger charge is -2.19. The number of amides is 1. The molecule has 0 aliphatic rings. The largest absolute Gasteiger partial charge is 0.496 e. The van der Waals surface area contributed by atoms with Gasteiger partial charge in [0.1, 0.15) is 11.4 Å². The zero-order valence-corrected chi connectivity index (χ0v) is 15.2. The Morgan fingerprint density at radius 1 is 1.15 bits per heavy atom. The molecule has 3 aromatic rings. The number of hydrogen-bond donors (Lipinski definition) is 0. The maximum atomic E-state index is 12.7. The van der Waals surface area contributed by atoms with E-state index in [1.807, 2.05) is 68.4 Å². The SMILES string of the molecule is CCN(Cc1cc(-c2ccccc2OC)on1)C(=O)c1ccc(C)cc1. The topological polar surface area (TPSA) is 55.6 Å². The Morgan fingerprint density at radius 3 is 2.58 bits per heavy atom. The molecule has 0 atom stereocenters. The number of carbonyl (C=O) groups excluding carboxylic acids is 1. The molecule has 0 aliphatic heterocycles. The molecule has 134 valence electrons. The molecule has 1 aromatic heterocycles. The molecular formula is C21H22N2O3. The van der Waals surface area contributed by atoms with Crippen molar-refractivity contribution in [3.8, 4) is 17.1 Å². The van der Waals surface area contributed by atoms with Crippen LogP contribution in [-0.4, -0.2) is 29.6 Å². The highest BCUT2D eigenvalue weighted by molar-refractivity contribution is 5.94. The van der Waals surface area contributed by atoms with E-state index in [9.17, 15) is 4.79 Å². The van der Waals surface area contributed by atoms with E-state index in [1.165, 1.54) is 0 Å². The molecule has 26 heavy (non-hydrogen) atoms. The van der Waals surface area contributed by atoms with E-state index in [4.69, 9.17) is 9.26 Å². The van der Waals surface area contributed by atoms with E-state index in [0.717, 1.165) is 16.9 Å². The fourth-order valence-electron chi connectivity index (χ4n) is 2.76. The van der Waals surface area contributed by atoms with Crippen molar-refractivity contribution in [2.24, 2.45) is 0 Å². The van der Waals surface area contributed by atoms with Gasteiger partial charge in [-0.1, -0.05) is 35.0 Å². The van der Waals surface area contributed by atoms with Gasteiger partial charge in [0.2, 0.25) is 0 Å². The van der Waals surface area contributed by atoms with Crippen molar-refractivity contribution >= 4 is 5.91 Å². The van der Waals surface area contributed by atoms with E-state index in [1.54, 1.807) is 12.0 Å². The summed E-state index contributed by atoms with van der Waals surface area (Å²) >= 11 is 0. The summed E-state index contributed by atoms with van der Waals surface area (Å²) in [6, 6.07) is 17.0. The normalized spacial score (nSPS) is 10.6. The summed E-state index contributed by atoms with van der Waals surface area (Å²) in [7, 11) is 1.62. The average molecular weight is 350 g/mol. The van der Waals surface area contributed by atoms with Gasteiger partial charge in [-0.15, -0.1) is 0 Å². The summed E-state index contributed by atoms with van der Waals surface area (Å²) in [6.45, 7) is 4.93. The van der Waals surface area contributed by atoms with Crippen molar-refractivity contribution in [3.63, 3.8) is 0 Å². The Hall–Kier alpha value is -3.08. The zero-order chi connectivity index (χ0) is 18.5. The van der Waals surface area contributed by atoms with Gasteiger partial charge in [-0.3, -0.25) is 4.79 Å². The van der Waals surface area contributed by atoms with Gasteiger partial charge in [0.25, 0.3) is 5.91 Å². The summed E-state index contributed by atoms with van der Waals surface area (Å²) in [5.41, 5.74) is 3.34. The maximum absolute atomic E-state index is 12.7. The quantitative estimate of drug-likeness (QED) is 0.664. The molecule has 0 N–H and O–H groups in total. The molecule has 3 rings (SSSR count). The number of methoxy groups -OCH3 is 1. The predicted octanol–water partition coefficient (Wildman–Crippen LogP) is 4.32. The molecular weight excluding hydrogens is 328 g/mol. The standard InChI is InChI=1S/C21H22N2O3/c1-4-23(21(24)16-11-9-15(2)10-12-16)14-17-13-20(26-22-17)18-7-5-6-8-19(18)25-3/h5-13H,4,14H2,1-3H3. The lowest BCUT2D eigenvalue weighted by molar-refractivity contribution is 0.0749. The second-order valence-corrected chi connectivity index (χ2v) is 6.07. The van der Waals surface area contributed by atoms with Crippen LogP contribution in [0.3, 0.4) is 0 Å². The first-order chi connectivity index (χ1) is 12.6. The van der Waals surface area contributed by atoms with Crippen LogP contribution in [0, 0.1) is 6.92 Å². The van der Waals surface area contributed by atoms with Crippen LogP contribution in [0.25, 0.3) is 11.3 Å². The van der Waals surface area contributed by atoms with E-state index in [0.29, 0.717) is 30.1 Å². The number of hydrogen-bond acceptors (Lipinski definition) is 4. The predicted molar refractivity (Wildman–Crippen MR) is 100 cm³/mol. The molecule has 1 amide bonds. The maximum Gasteiger partial charge on any atom is 0.254 e. The smallest absolute Gasteiger partial charge is 0.254 e. The number of aromatic nitrogens is 1. The molecule has 0 unspecified atom stereocenters. The molecule has 0 radical (unpaired) electrons. The fraction of sp³-hybridized carbons (Fsp3) is 0.238. The second-order valence-electron chi connectivity index (χ2n) is 6.07. The average Bonchev–Trinajstić information content (AvgIpc) is 3.14. The highest BCUT2D eigenvalue weighted by Gasteiger charge is 2.18. The van der Waals surface area contributed by atoms with Crippen LogP contribution in [0.4, 0.5) is 0 Å². The van der Waals surface area contributed by atoms with Gasteiger partial charge >= 0.3 is 0 Å². The fourth-order valence-corrected chi connectivity index (χ4v) is 2.76. The van der Waals surface area contributed by atoms with Gasteiger partial charge in [0.05, 0.1) is 19.2 Å². The first-order valence-electron chi connectivity index (χ1n) is 8.57. The number of rotatable bonds is 6. The Kier molecular flexibility index (Phi) is 5.37. The second kappa shape index (κ2) is 7.87. The van der Waals surface area contributed by atoms with E-state index in [-0.39, 0.29) is 5.91 Å². The van der Waals surface area contributed by atoms with Crippen LogP contribution in [-0.2, 0) is 6.54 Å². The molecule has 0 saturated carbocycles. The lowest BCUT2D eigenvalue weighted by atomic mass is 10.1. The Balaban J connectivity index is 1.78. The van der Waals surface area contributed by atoms with E-state index >= 15 is 0 Å². The third-order valence-electron chi connectivity index (χ3n) is 4.25. The van der Waals surface area contributed by atoms with Crippen molar-refractivity contribution in [3.05, 3.63) is 71.4 Å². The van der Waals surface area contributed by atoms with E-state index in [2.05, 4.69) is 5.16 Å². The van der Waals surface area contributed by atoms with Crippen LogP contribution in [0.15, 0.2) is 59.1 Å². The van der Waals surface area contributed by atoms with Crippen molar-refractivity contribution in [2.45, 2.75) is 20.4 Å². The summed E-state index contributed by atoms with van der Waals surface area (Å²) in [6.07, 6.45) is 0. The minimum atomic E-state index is -0.0191. The molecule has 2 aromatic carbocycles. The van der Waals surface area contributed by atoms with E-state index < -0.39 is 0 Å². The number of ether oxygens (including phenoxy) is 1. The van der Waals surface area contributed by atoms with Gasteiger partial charge in [-0.25, -0.2) is 0 Å². The van der Waals surface area contributed by atoms with Crippen LogP contribution in [0.2, 0.25) is 0 Å². The number of nitrogens with zero attached hydrogens (tertiary/aromatic N) is 2. The van der Waals surface area contributed by atoms with Gasteiger partial charge in [-0.05, 0) is 38.1 Å². The molecule has 5 heteroatoms. The molecule has 1 heterocycles. The Bertz CT molecular complexity index is 884. The monoisotopic (exact) mass is 350 g/mol. The molecule has 0 saturated heterocycles. The van der Waals surface area contributed by atoms with Crippen molar-refractivity contribution in [1.82, 2.24) is 10.1 Å². The summed E-state index contributed by atoms with van der Waals surface area (Å²) in [4.78, 5) is 14.5. The van der Waals surface area contributed by atoms with Crippen molar-refractivity contribution in [2.75, 3.05) is 13.7 Å². The minimum Gasteiger partial charge on any atom is -0.496 e. The third-order valence-corrected chi connectivity index (χ3v) is 4.25. The van der Waals surface area contributed by atoms with Gasteiger partial charge in [0.15, 0.2) is 5.76 Å². The lowest BCUT2D eigenvalue weighted by Crippen LogP contribution is -2.30. The summed E-state index contributed by atoms with van der Waals surface area (Å²) in [5, 5.41) is 4.12. The summed E-state index contributed by atoms with van der Waals surface area (Å²) < 4.78 is 10.8. The highest BCUT2D eigenvalue weighted by atomic mass is 16.5. The van der Waals surface area contributed by atoms with Crippen LogP contribution in [0.1, 0.15) is 28.5 Å². The number of carbonyl (C=O) groups is 1. The first-order valence-corrected chi connectivity index (χ1v) is 8.57. The molecule has 0 spiro atoms. The highest BCUT2D eigenvalue weighted by Crippen LogP contribution is 2.30. The van der Waals surface area contributed by atoms with Gasteiger partial charge < -0.3 is 14.2 Å². The Labute approximate surface area is 153 Å².